The van der Waals surface area contributed by atoms with Gasteiger partial charge in [0.1, 0.15) is 6.67 Å². The summed E-state index contributed by atoms with van der Waals surface area (Å²) >= 11 is 0. The summed E-state index contributed by atoms with van der Waals surface area (Å²) in [7, 11) is 0. The first kappa shape index (κ1) is 7.30. The largest absolute Gasteiger partial charge is 0.332 e. The molecule has 0 saturated carbocycles. The molecular formula is C5H11N3O2. The number of urea groups is 1. The number of amides is 2. The number of hydroxylamine groups is 1. The molecule has 2 amide bonds. The van der Waals surface area contributed by atoms with Crippen LogP contribution in [0.4, 0.5) is 4.79 Å². The van der Waals surface area contributed by atoms with Gasteiger partial charge < -0.3 is 5.32 Å². The fraction of sp³-hybridized carbons (Fsp3) is 0.800. The fourth-order valence-corrected chi connectivity index (χ4v) is 0.615. The standard InChI is InChI=1S/C5H11N3O2/c1-2-3-10-8-4-6-5(9)7-8/h2-4H2,1H3,(H2,6,7,9). The molecule has 58 valence electrons. The van der Waals surface area contributed by atoms with Crippen LogP contribution in [0.15, 0.2) is 0 Å². The molecule has 1 rings (SSSR count). The highest BCUT2D eigenvalue weighted by Gasteiger charge is 2.16. The van der Waals surface area contributed by atoms with Crippen LogP contribution in [0.1, 0.15) is 13.3 Å². The van der Waals surface area contributed by atoms with Gasteiger partial charge in [0.2, 0.25) is 0 Å². The monoisotopic (exact) mass is 145 g/mol. The van der Waals surface area contributed by atoms with E-state index in [1.807, 2.05) is 6.92 Å². The Morgan fingerprint density at radius 3 is 3.10 bits per heavy atom. The molecule has 0 radical (unpaired) electrons. The Kier molecular flexibility index (Phi) is 2.47. The number of nitrogens with one attached hydrogen (secondary N) is 2. The van der Waals surface area contributed by atoms with Gasteiger partial charge in [0, 0.05) is 0 Å². The lowest BCUT2D eigenvalue weighted by Crippen LogP contribution is -2.32. The minimum Gasteiger partial charge on any atom is -0.320 e. The second-order valence-electron chi connectivity index (χ2n) is 1.99. The van der Waals surface area contributed by atoms with Crippen LogP contribution in [0.5, 0.6) is 0 Å². The summed E-state index contributed by atoms with van der Waals surface area (Å²) in [6.45, 7) is 3.05. The third-order valence-electron chi connectivity index (χ3n) is 1.06. The zero-order valence-electron chi connectivity index (χ0n) is 5.89. The molecule has 10 heavy (non-hydrogen) atoms. The van der Waals surface area contributed by atoms with Gasteiger partial charge in [0.05, 0.1) is 6.61 Å². The van der Waals surface area contributed by atoms with Crippen molar-refractivity contribution in [2.75, 3.05) is 13.3 Å². The van der Waals surface area contributed by atoms with E-state index in [-0.39, 0.29) is 6.03 Å². The maximum atomic E-state index is 10.5. The highest BCUT2D eigenvalue weighted by Crippen LogP contribution is 1.90. The van der Waals surface area contributed by atoms with E-state index in [2.05, 4.69) is 10.7 Å². The maximum Gasteiger partial charge on any atom is 0.332 e. The molecule has 1 heterocycles. The summed E-state index contributed by atoms with van der Waals surface area (Å²) < 4.78 is 0. The van der Waals surface area contributed by atoms with Crippen LogP contribution >= 0.6 is 0 Å². The quantitative estimate of drug-likeness (QED) is 0.579. The highest BCUT2D eigenvalue weighted by atomic mass is 16.7. The lowest BCUT2D eigenvalue weighted by Gasteiger charge is -2.11. The van der Waals surface area contributed by atoms with Crippen molar-refractivity contribution in [2.24, 2.45) is 0 Å². The zero-order chi connectivity index (χ0) is 7.40. The molecule has 2 N–H and O–H groups in total. The van der Waals surface area contributed by atoms with Gasteiger partial charge in [-0.25, -0.2) is 10.2 Å². The van der Waals surface area contributed by atoms with E-state index in [1.54, 1.807) is 0 Å². The molecule has 1 aliphatic heterocycles. The normalized spacial score (nSPS) is 18.7. The molecule has 5 heteroatoms. The van der Waals surface area contributed by atoms with Crippen molar-refractivity contribution in [1.82, 2.24) is 15.9 Å². The Balaban J connectivity index is 2.12. The summed E-state index contributed by atoms with van der Waals surface area (Å²) in [5.41, 5.74) is 2.45. The van der Waals surface area contributed by atoms with E-state index < -0.39 is 0 Å². The van der Waals surface area contributed by atoms with Gasteiger partial charge in [0.15, 0.2) is 0 Å². The number of hydrazine groups is 1. The Hall–Kier alpha value is -0.810. The summed E-state index contributed by atoms with van der Waals surface area (Å²) in [4.78, 5) is 15.5. The van der Waals surface area contributed by atoms with Crippen molar-refractivity contribution in [1.29, 1.82) is 0 Å². The molecule has 5 nitrogen and oxygen atoms in total. The molecular weight excluding hydrogens is 134 g/mol. The second kappa shape index (κ2) is 3.38. The van der Waals surface area contributed by atoms with Crippen molar-refractivity contribution in [3.05, 3.63) is 0 Å². The summed E-state index contributed by atoms with van der Waals surface area (Å²) in [6, 6.07) is -0.212. The van der Waals surface area contributed by atoms with Crippen molar-refractivity contribution in [2.45, 2.75) is 13.3 Å². The Bertz CT molecular complexity index is 128. The average Bonchev–Trinajstić information content (AvgIpc) is 2.31. The number of carbonyl (C=O) groups excluding carboxylic acids is 1. The zero-order valence-corrected chi connectivity index (χ0v) is 5.89. The Morgan fingerprint density at radius 2 is 2.60 bits per heavy atom. The van der Waals surface area contributed by atoms with E-state index in [4.69, 9.17) is 4.84 Å². The molecule has 0 aromatic rings. The van der Waals surface area contributed by atoms with Gasteiger partial charge in [-0.05, 0) is 6.42 Å². The van der Waals surface area contributed by atoms with Gasteiger partial charge in [-0.2, -0.15) is 0 Å². The van der Waals surface area contributed by atoms with Gasteiger partial charge in [-0.15, -0.1) is 0 Å². The van der Waals surface area contributed by atoms with Gasteiger partial charge >= 0.3 is 6.03 Å². The van der Waals surface area contributed by atoms with Crippen molar-refractivity contribution < 1.29 is 9.63 Å². The molecule has 0 aliphatic carbocycles. The molecule has 0 atom stereocenters. The van der Waals surface area contributed by atoms with Gasteiger partial charge in [0.25, 0.3) is 0 Å². The number of nitrogens with zero attached hydrogens (tertiary/aromatic N) is 1. The SMILES string of the molecule is CCCON1CNC(=O)N1. The second-order valence-corrected chi connectivity index (χ2v) is 1.99. The number of carbonyl (C=O) groups is 1. The van der Waals surface area contributed by atoms with E-state index in [0.29, 0.717) is 13.3 Å². The van der Waals surface area contributed by atoms with E-state index >= 15 is 0 Å². The third-order valence-corrected chi connectivity index (χ3v) is 1.06. The smallest absolute Gasteiger partial charge is 0.320 e. The summed E-state index contributed by atoms with van der Waals surface area (Å²) in [5.74, 6) is 0. The van der Waals surface area contributed by atoms with Crippen LogP contribution in [0, 0.1) is 0 Å². The lowest BCUT2D eigenvalue weighted by molar-refractivity contribution is -0.172. The van der Waals surface area contributed by atoms with Crippen molar-refractivity contribution in [3.8, 4) is 0 Å². The van der Waals surface area contributed by atoms with Crippen LogP contribution in [0.25, 0.3) is 0 Å². The minimum absolute atomic E-state index is 0.212. The van der Waals surface area contributed by atoms with Crippen molar-refractivity contribution >= 4 is 6.03 Å². The molecule has 1 aliphatic rings. The van der Waals surface area contributed by atoms with Crippen molar-refractivity contribution in [3.63, 3.8) is 0 Å². The van der Waals surface area contributed by atoms with Crippen LogP contribution in [0.3, 0.4) is 0 Å². The molecule has 1 fully saturated rings. The van der Waals surface area contributed by atoms with Crippen LogP contribution < -0.4 is 10.7 Å². The highest BCUT2D eigenvalue weighted by molar-refractivity contribution is 5.74. The molecule has 0 spiro atoms. The molecule has 0 aromatic carbocycles. The summed E-state index contributed by atoms with van der Waals surface area (Å²) in [5, 5.41) is 3.91. The first-order valence-corrected chi connectivity index (χ1v) is 3.28. The predicted octanol–water partition coefficient (Wildman–Crippen LogP) is -0.185. The molecule has 0 bridgehead atoms. The van der Waals surface area contributed by atoms with E-state index in [9.17, 15) is 4.79 Å². The third kappa shape index (κ3) is 1.85. The number of rotatable bonds is 3. The topological polar surface area (TPSA) is 53.6 Å². The fourth-order valence-electron chi connectivity index (χ4n) is 0.615. The lowest BCUT2D eigenvalue weighted by atomic mass is 10.5. The van der Waals surface area contributed by atoms with E-state index in [0.717, 1.165) is 6.42 Å². The predicted molar refractivity (Wildman–Crippen MR) is 34.6 cm³/mol. The average molecular weight is 145 g/mol. The van der Waals surface area contributed by atoms with Crippen LogP contribution in [-0.4, -0.2) is 24.5 Å². The first-order chi connectivity index (χ1) is 4.83. The Labute approximate surface area is 59.3 Å². The minimum atomic E-state index is -0.212. The van der Waals surface area contributed by atoms with Crippen LogP contribution in [0.2, 0.25) is 0 Å². The molecule has 0 unspecified atom stereocenters. The van der Waals surface area contributed by atoms with Crippen LogP contribution in [-0.2, 0) is 4.84 Å². The molecule has 1 saturated heterocycles. The number of hydrogen-bond donors (Lipinski definition) is 2. The van der Waals surface area contributed by atoms with Gasteiger partial charge in [-0.1, -0.05) is 12.1 Å². The summed E-state index contributed by atoms with van der Waals surface area (Å²) in [6.07, 6.45) is 0.937. The number of hydrogen-bond acceptors (Lipinski definition) is 3. The first-order valence-electron chi connectivity index (χ1n) is 3.28. The van der Waals surface area contributed by atoms with E-state index in [1.165, 1.54) is 5.17 Å². The van der Waals surface area contributed by atoms with Gasteiger partial charge in [-0.3, -0.25) is 4.84 Å². The molecule has 0 aromatic heterocycles. The Morgan fingerprint density at radius 1 is 1.80 bits per heavy atom. The maximum absolute atomic E-state index is 10.5.